The summed E-state index contributed by atoms with van der Waals surface area (Å²) in [5.41, 5.74) is 0.693. The first-order chi connectivity index (χ1) is 9.86. The first kappa shape index (κ1) is 15.1. The number of hydrogen-bond donors (Lipinski definition) is 0. The summed E-state index contributed by atoms with van der Waals surface area (Å²) in [4.78, 5) is 23.0. The van der Waals surface area contributed by atoms with E-state index in [2.05, 4.69) is 16.0 Å². The molecular formula is C15H16N4OS. The van der Waals surface area contributed by atoms with Crippen molar-refractivity contribution in [1.82, 2.24) is 14.9 Å². The molecule has 0 aromatic carbocycles. The lowest BCUT2D eigenvalue weighted by Gasteiger charge is -2.28. The number of rotatable bonds is 3. The molecule has 0 saturated carbocycles. The number of carbonyl (C=O) groups is 1. The number of hydrogen-bond acceptors (Lipinski definition) is 5. The highest BCUT2D eigenvalue weighted by atomic mass is 32.1. The molecule has 21 heavy (non-hydrogen) atoms. The van der Waals surface area contributed by atoms with Crippen molar-refractivity contribution in [3.63, 3.8) is 0 Å². The van der Waals surface area contributed by atoms with Crippen LogP contribution in [0.15, 0.2) is 24.5 Å². The quantitative estimate of drug-likeness (QED) is 0.874. The number of amides is 1. The van der Waals surface area contributed by atoms with Crippen molar-refractivity contribution in [3.05, 3.63) is 35.1 Å². The Morgan fingerprint density at radius 3 is 2.76 bits per heavy atom. The second kappa shape index (κ2) is 5.62. The van der Waals surface area contributed by atoms with E-state index in [4.69, 9.17) is 5.26 Å². The summed E-state index contributed by atoms with van der Waals surface area (Å²) in [5.74, 6) is -0.188. The van der Waals surface area contributed by atoms with Crippen LogP contribution in [-0.2, 0) is 0 Å². The van der Waals surface area contributed by atoms with Gasteiger partial charge in [-0.1, -0.05) is 0 Å². The van der Waals surface area contributed by atoms with Crippen molar-refractivity contribution in [3.8, 4) is 16.6 Å². The van der Waals surface area contributed by atoms with Gasteiger partial charge in [0.15, 0.2) is 0 Å². The third-order valence-corrected chi connectivity index (χ3v) is 4.51. The van der Waals surface area contributed by atoms with E-state index in [9.17, 15) is 4.79 Å². The molecule has 6 heteroatoms. The second-order valence-electron chi connectivity index (χ2n) is 5.21. The van der Waals surface area contributed by atoms with Gasteiger partial charge >= 0.3 is 0 Å². The molecule has 5 nitrogen and oxygen atoms in total. The van der Waals surface area contributed by atoms with Gasteiger partial charge in [0.1, 0.15) is 15.4 Å². The lowest BCUT2D eigenvalue weighted by atomic mass is 10.1. The highest BCUT2D eigenvalue weighted by Gasteiger charge is 2.30. The Morgan fingerprint density at radius 1 is 1.48 bits per heavy atom. The average Bonchev–Trinajstić information content (AvgIpc) is 2.88. The molecule has 0 aliphatic heterocycles. The lowest BCUT2D eigenvalue weighted by Crippen LogP contribution is -2.43. The summed E-state index contributed by atoms with van der Waals surface area (Å²) in [7, 11) is 1.63. The fourth-order valence-corrected chi connectivity index (χ4v) is 2.72. The normalized spacial score (nSPS) is 11.0. The van der Waals surface area contributed by atoms with Gasteiger partial charge in [-0.3, -0.25) is 9.78 Å². The maximum atomic E-state index is 12.5. The van der Waals surface area contributed by atoms with Crippen LogP contribution in [-0.4, -0.2) is 33.4 Å². The van der Waals surface area contributed by atoms with E-state index in [0.29, 0.717) is 10.6 Å². The molecule has 0 saturated heterocycles. The first-order valence-electron chi connectivity index (χ1n) is 6.44. The topological polar surface area (TPSA) is 69.9 Å². The molecular weight excluding hydrogens is 284 g/mol. The third kappa shape index (κ3) is 2.93. The summed E-state index contributed by atoms with van der Waals surface area (Å²) in [6.07, 6.45) is 3.41. The Morgan fingerprint density at radius 2 is 2.19 bits per heavy atom. The second-order valence-corrected chi connectivity index (χ2v) is 6.21. The molecule has 0 aliphatic rings. The van der Waals surface area contributed by atoms with Crippen molar-refractivity contribution in [1.29, 1.82) is 5.26 Å². The monoisotopic (exact) mass is 300 g/mol. The largest absolute Gasteiger partial charge is 0.323 e. The molecule has 2 rings (SSSR count). The first-order valence-corrected chi connectivity index (χ1v) is 7.25. The maximum Gasteiger partial charge on any atom is 0.266 e. The Labute approximate surface area is 127 Å². The third-order valence-electron chi connectivity index (χ3n) is 3.32. The number of thiazole rings is 1. The van der Waals surface area contributed by atoms with Crippen LogP contribution < -0.4 is 0 Å². The van der Waals surface area contributed by atoms with Crippen LogP contribution in [0.1, 0.15) is 29.2 Å². The Kier molecular flexibility index (Phi) is 4.05. The van der Waals surface area contributed by atoms with Gasteiger partial charge in [0, 0.05) is 25.0 Å². The van der Waals surface area contributed by atoms with E-state index in [1.54, 1.807) is 40.2 Å². The fourth-order valence-electron chi connectivity index (χ4n) is 1.69. The summed E-state index contributed by atoms with van der Waals surface area (Å²) < 4.78 is 0. The molecule has 0 spiro atoms. The highest BCUT2D eigenvalue weighted by molar-refractivity contribution is 7.17. The minimum Gasteiger partial charge on any atom is -0.323 e. The maximum absolute atomic E-state index is 12.5. The molecule has 0 N–H and O–H groups in total. The van der Waals surface area contributed by atoms with Gasteiger partial charge in [0.25, 0.3) is 5.91 Å². The molecule has 2 heterocycles. The van der Waals surface area contributed by atoms with Crippen LogP contribution in [0.4, 0.5) is 0 Å². The summed E-state index contributed by atoms with van der Waals surface area (Å²) >= 11 is 1.32. The smallest absolute Gasteiger partial charge is 0.266 e. The predicted molar refractivity (Wildman–Crippen MR) is 81.9 cm³/mol. The number of carbonyl (C=O) groups excluding carboxylic acids is 1. The van der Waals surface area contributed by atoms with Gasteiger partial charge in [-0.25, -0.2) is 4.98 Å². The molecule has 0 bridgehead atoms. The number of aromatic nitrogens is 2. The molecule has 0 radical (unpaired) electrons. The van der Waals surface area contributed by atoms with E-state index in [1.807, 2.05) is 12.1 Å². The van der Waals surface area contributed by atoms with Gasteiger partial charge in [0.05, 0.1) is 11.8 Å². The van der Waals surface area contributed by atoms with Crippen LogP contribution in [0.2, 0.25) is 0 Å². The Bertz CT molecular complexity index is 700. The van der Waals surface area contributed by atoms with Crippen LogP contribution in [0.3, 0.4) is 0 Å². The van der Waals surface area contributed by atoms with E-state index >= 15 is 0 Å². The standard InChI is InChI=1S/C15H16N4OS/c1-10-12(14(20)19(4)15(2,3)9-16)21-13(18-10)11-6-5-7-17-8-11/h5-8H,1-4H3. The zero-order valence-electron chi connectivity index (χ0n) is 12.4. The summed E-state index contributed by atoms with van der Waals surface area (Å²) in [6.45, 7) is 5.23. The minimum absolute atomic E-state index is 0.188. The van der Waals surface area contributed by atoms with Crippen molar-refractivity contribution in [2.45, 2.75) is 26.3 Å². The summed E-state index contributed by atoms with van der Waals surface area (Å²) in [5, 5.41) is 9.90. The SMILES string of the molecule is Cc1nc(-c2cccnc2)sc1C(=O)N(C)C(C)(C)C#N. The number of nitrogens with zero attached hydrogens (tertiary/aromatic N) is 4. The molecule has 2 aromatic rings. The van der Waals surface area contributed by atoms with E-state index in [0.717, 1.165) is 10.6 Å². The zero-order valence-corrected chi connectivity index (χ0v) is 13.2. The number of aryl methyl sites for hydroxylation is 1. The molecule has 0 fully saturated rings. The van der Waals surface area contributed by atoms with Crippen molar-refractivity contribution in [2.75, 3.05) is 7.05 Å². The van der Waals surface area contributed by atoms with Gasteiger partial charge in [-0.05, 0) is 32.9 Å². The van der Waals surface area contributed by atoms with E-state index in [1.165, 1.54) is 16.2 Å². The number of pyridine rings is 1. The molecule has 0 unspecified atom stereocenters. The molecule has 0 atom stereocenters. The van der Waals surface area contributed by atoms with E-state index in [-0.39, 0.29) is 5.91 Å². The van der Waals surface area contributed by atoms with Gasteiger partial charge in [0.2, 0.25) is 0 Å². The lowest BCUT2D eigenvalue weighted by molar-refractivity contribution is 0.0702. The molecule has 0 aliphatic carbocycles. The zero-order chi connectivity index (χ0) is 15.6. The van der Waals surface area contributed by atoms with Crippen LogP contribution in [0.25, 0.3) is 10.6 Å². The molecule has 1 amide bonds. The summed E-state index contributed by atoms with van der Waals surface area (Å²) in [6, 6.07) is 5.87. The van der Waals surface area contributed by atoms with Crippen molar-refractivity contribution in [2.24, 2.45) is 0 Å². The van der Waals surface area contributed by atoms with Crippen LogP contribution >= 0.6 is 11.3 Å². The molecule has 108 valence electrons. The minimum atomic E-state index is -0.859. The highest BCUT2D eigenvalue weighted by Crippen LogP contribution is 2.29. The van der Waals surface area contributed by atoms with Gasteiger partial charge in [-0.2, -0.15) is 5.26 Å². The van der Waals surface area contributed by atoms with Gasteiger partial charge < -0.3 is 4.90 Å². The predicted octanol–water partition coefficient (Wildman–Crippen LogP) is 2.89. The molecule has 2 aromatic heterocycles. The van der Waals surface area contributed by atoms with Crippen molar-refractivity contribution >= 4 is 17.2 Å². The fraction of sp³-hybridized carbons (Fsp3) is 0.333. The van der Waals surface area contributed by atoms with Crippen molar-refractivity contribution < 1.29 is 4.79 Å². The van der Waals surface area contributed by atoms with Crippen LogP contribution in [0.5, 0.6) is 0 Å². The Hall–Kier alpha value is -2.26. The number of nitriles is 1. The van der Waals surface area contributed by atoms with E-state index < -0.39 is 5.54 Å². The Balaban J connectivity index is 2.37. The average molecular weight is 300 g/mol. The van der Waals surface area contributed by atoms with Crippen LogP contribution in [0, 0.1) is 18.3 Å². The van der Waals surface area contributed by atoms with Gasteiger partial charge in [-0.15, -0.1) is 11.3 Å².